The largest absolute Gasteiger partial charge is 0.490 e. The van der Waals surface area contributed by atoms with Gasteiger partial charge in [-0.05, 0) is 83.3 Å². The quantitative estimate of drug-likeness (QED) is 0.693. The Kier molecular flexibility index (Phi) is 5.32. The van der Waals surface area contributed by atoms with Crippen LogP contribution in [0.4, 0.5) is 4.39 Å². The molecular formula is C22H28FNO3S. The smallest absolute Gasteiger partial charge is 0.206 e. The van der Waals surface area contributed by atoms with Gasteiger partial charge in [0.25, 0.3) is 0 Å². The van der Waals surface area contributed by atoms with E-state index in [2.05, 4.69) is 39.6 Å². The molecule has 1 aliphatic rings. The first-order valence-corrected chi connectivity index (χ1v) is 10.9. The van der Waals surface area contributed by atoms with Gasteiger partial charge in [0.1, 0.15) is 17.7 Å². The molecule has 152 valence electrons. The summed E-state index contributed by atoms with van der Waals surface area (Å²) in [4.78, 5) is 2.62. The summed E-state index contributed by atoms with van der Waals surface area (Å²) < 4.78 is 44.6. The van der Waals surface area contributed by atoms with Crippen LogP contribution >= 0.6 is 0 Å². The number of benzene rings is 2. The molecule has 4 nitrogen and oxygen atoms in total. The molecule has 6 heteroatoms. The predicted octanol–water partition coefficient (Wildman–Crippen LogP) is 4.69. The molecule has 1 heterocycles. The second-order valence-corrected chi connectivity index (χ2v) is 10.7. The highest BCUT2D eigenvalue weighted by Gasteiger charge is 2.43. The maximum atomic E-state index is 13.1. The van der Waals surface area contributed by atoms with Crippen LogP contribution in [0.25, 0.3) is 0 Å². The average molecular weight is 406 g/mol. The summed E-state index contributed by atoms with van der Waals surface area (Å²) in [6.07, 6.45) is 1.84. The molecule has 0 spiro atoms. The Hall–Kier alpha value is -1.92. The van der Waals surface area contributed by atoms with Gasteiger partial charge >= 0.3 is 0 Å². The Balaban J connectivity index is 1.77. The van der Waals surface area contributed by atoms with Gasteiger partial charge in [0, 0.05) is 23.9 Å². The van der Waals surface area contributed by atoms with Crippen molar-refractivity contribution in [3.63, 3.8) is 0 Å². The minimum absolute atomic E-state index is 0.0122. The molecule has 0 N–H and O–H groups in total. The lowest BCUT2D eigenvalue weighted by molar-refractivity contribution is -0.0556. The van der Waals surface area contributed by atoms with Gasteiger partial charge in [-0.25, -0.2) is 12.8 Å². The number of likely N-dealkylation sites (tertiary alicyclic amines) is 1. The summed E-state index contributed by atoms with van der Waals surface area (Å²) in [7, 11) is -1.53. The zero-order valence-corrected chi connectivity index (χ0v) is 17.9. The highest BCUT2D eigenvalue weighted by molar-refractivity contribution is 7.91. The SMILES string of the molecule is CN1C(C)(C)CC(Oc2ccc(S(=O)(=O)c3ccc(F)cc3)cc2)CC1(C)C. The lowest BCUT2D eigenvalue weighted by atomic mass is 9.79. The standard InChI is InChI=1S/C22H28FNO3S/c1-21(2)14-18(15-22(3,4)24(21)5)27-17-8-12-20(13-9-17)28(25,26)19-10-6-16(23)7-11-19/h6-13,18H,14-15H2,1-5H3. The zero-order chi connectivity index (χ0) is 20.7. The van der Waals surface area contributed by atoms with Gasteiger partial charge in [-0.3, -0.25) is 4.90 Å². The normalized spacial score (nSPS) is 20.1. The Bertz CT molecular complexity index is 917. The first kappa shape index (κ1) is 20.8. The molecule has 1 saturated heterocycles. The number of nitrogens with zero attached hydrogens (tertiary/aromatic N) is 1. The molecule has 0 amide bonds. The molecule has 0 saturated carbocycles. The van der Waals surface area contributed by atoms with E-state index in [1.807, 2.05) is 0 Å². The molecule has 0 aromatic heterocycles. The van der Waals surface area contributed by atoms with E-state index in [0.29, 0.717) is 5.75 Å². The molecule has 0 radical (unpaired) electrons. The Labute approximate surface area is 167 Å². The van der Waals surface area contributed by atoms with Crippen molar-refractivity contribution in [2.45, 2.75) is 67.5 Å². The summed E-state index contributed by atoms with van der Waals surface area (Å²) in [6, 6.07) is 11.3. The van der Waals surface area contributed by atoms with Crippen LogP contribution in [0.15, 0.2) is 58.3 Å². The molecule has 28 heavy (non-hydrogen) atoms. The van der Waals surface area contributed by atoms with Gasteiger partial charge in [0.05, 0.1) is 9.79 Å². The van der Waals surface area contributed by atoms with E-state index in [4.69, 9.17) is 4.74 Å². The number of hydrogen-bond acceptors (Lipinski definition) is 4. The monoisotopic (exact) mass is 405 g/mol. The zero-order valence-electron chi connectivity index (χ0n) is 17.1. The van der Waals surface area contributed by atoms with Crippen molar-refractivity contribution in [2.24, 2.45) is 0 Å². The molecule has 2 aromatic carbocycles. The maximum absolute atomic E-state index is 13.1. The number of ether oxygens (including phenoxy) is 1. The maximum Gasteiger partial charge on any atom is 0.206 e. The first-order valence-electron chi connectivity index (χ1n) is 9.43. The third kappa shape index (κ3) is 4.08. The molecule has 0 unspecified atom stereocenters. The summed E-state index contributed by atoms with van der Waals surface area (Å²) >= 11 is 0. The number of sulfone groups is 1. The van der Waals surface area contributed by atoms with Crippen LogP contribution < -0.4 is 4.74 Å². The van der Waals surface area contributed by atoms with Crippen LogP contribution in [-0.2, 0) is 9.84 Å². The van der Waals surface area contributed by atoms with Crippen LogP contribution in [0.5, 0.6) is 5.75 Å². The van der Waals surface area contributed by atoms with Crippen molar-refractivity contribution in [1.82, 2.24) is 4.90 Å². The summed E-state index contributed by atoms with van der Waals surface area (Å²) in [6.45, 7) is 8.84. The van der Waals surface area contributed by atoms with Crippen LogP contribution in [0.2, 0.25) is 0 Å². The highest BCUT2D eigenvalue weighted by Crippen LogP contribution is 2.38. The molecule has 2 aromatic rings. The molecule has 1 fully saturated rings. The summed E-state index contributed by atoms with van der Waals surface area (Å²) in [5, 5.41) is 0. The fourth-order valence-corrected chi connectivity index (χ4v) is 5.26. The average Bonchev–Trinajstić information content (AvgIpc) is 2.60. The van der Waals surface area contributed by atoms with Crippen molar-refractivity contribution >= 4 is 9.84 Å². The minimum Gasteiger partial charge on any atom is -0.490 e. The van der Waals surface area contributed by atoms with E-state index < -0.39 is 15.7 Å². The van der Waals surface area contributed by atoms with E-state index in [1.54, 1.807) is 24.3 Å². The fourth-order valence-electron chi connectivity index (χ4n) is 4.00. The second kappa shape index (κ2) is 7.16. The summed E-state index contributed by atoms with van der Waals surface area (Å²) in [5.74, 6) is 0.186. The van der Waals surface area contributed by atoms with Crippen LogP contribution in [0, 0.1) is 5.82 Å². The summed E-state index contributed by atoms with van der Waals surface area (Å²) in [5.41, 5.74) is 0.0244. The molecule has 0 atom stereocenters. The third-order valence-corrected chi connectivity index (χ3v) is 7.62. The van der Waals surface area contributed by atoms with E-state index >= 15 is 0 Å². The van der Waals surface area contributed by atoms with E-state index in [0.717, 1.165) is 25.0 Å². The third-order valence-electron chi connectivity index (χ3n) is 5.83. The van der Waals surface area contributed by atoms with Gasteiger partial charge in [0.15, 0.2) is 0 Å². The molecule has 0 aliphatic carbocycles. The fraction of sp³-hybridized carbons (Fsp3) is 0.455. The molecule has 1 aliphatic heterocycles. The van der Waals surface area contributed by atoms with Crippen LogP contribution in [0.1, 0.15) is 40.5 Å². The van der Waals surface area contributed by atoms with Gasteiger partial charge < -0.3 is 4.74 Å². The minimum atomic E-state index is -3.68. The van der Waals surface area contributed by atoms with Crippen molar-refractivity contribution in [1.29, 1.82) is 0 Å². The Morgan fingerprint density at radius 1 is 0.893 bits per heavy atom. The molecule has 0 bridgehead atoms. The van der Waals surface area contributed by atoms with Gasteiger partial charge in [-0.2, -0.15) is 0 Å². The molecular weight excluding hydrogens is 377 g/mol. The second-order valence-electron chi connectivity index (χ2n) is 8.76. The predicted molar refractivity (Wildman–Crippen MR) is 108 cm³/mol. The van der Waals surface area contributed by atoms with Crippen molar-refractivity contribution in [2.75, 3.05) is 7.05 Å². The van der Waals surface area contributed by atoms with Gasteiger partial charge in [-0.1, -0.05) is 0 Å². The topological polar surface area (TPSA) is 46.6 Å². The Morgan fingerprint density at radius 3 is 1.79 bits per heavy atom. The Morgan fingerprint density at radius 2 is 1.32 bits per heavy atom. The number of piperidine rings is 1. The van der Waals surface area contributed by atoms with Gasteiger partial charge in [-0.15, -0.1) is 0 Å². The lowest BCUT2D eigenvalue weighted by Gasteiger charge is -2.53. The van der Waals surface area contributed by atoms with Crippen LogP contribution in [0.3, 0.4) is 0 Å². The van der Waals surface area contributed by atoms with Crippen molar-refractivity contribution in [3.8, 4) is 5.75 Å². The van der Waals surface area contributed by atoms with E-state index in [-0.39, 0.29) is 27.0 Å². The van der Waals surface area contributed by atoms with E-state index in [1.165, 1.54) is 12.1 Å². The van der Waals surface area contributed by atoms with Crippen molar-refractivity contribution < 1.29 is 17.5 Å². The van der Waals surface area contributed by atoms with E-state index in [9.17, 15) is 12.8 Å². The highest BCUT2D eigenvalue weighted by atomic mass is 32.2. The first-order chi connectivity index (χ1) is 12.9. The number of rotatable bonds is 4. The van der Waals surface area contributed by atoms with Gasteiger partial charge in [0.2, 0.25) is 9.84 Å². The number of halogens is 1. The lowest BCUT2D eigenvalue weighted by Crippen LogP contribution is -2.60. The molecule has 3 rings (SSSR count). The van der Waals surface area contributed by atoms with Crippen molar-refractivity contribution in [3.05, 3.63) is 54.3 Å². The number of hydrogen-bond donors (Lipinski definition) is 0. The van der Waals surface area contributed by atoms with Crippen LogP contribution in [-0.4, -0.2) is 37.5 Å².